The maximum absolute atomic E-state index is 6.51. The predicted molar refractivity (Wildman–Crippen MR) is 118 cm³/mol. The van der Waals surface area contributed by atoms with Crippen molar-refractivity contribution in [1.29, 1.82) is 0 Å². The molecule has 148 valence electrons. The molecular weight excluding hydrogens is 384 g/mol. The van der Waals surface area contributed by atoms with Crippen LogP contribution in [0, 0.1) is 0 Å². The summed E-state index contributed by atoms with van der Waals surface area (Å²) in [5.74, 6) is 1.70. The standard InChI is InChI=1S/C24H23ClN2O2/c1-3-29-20-14-8-17(9-15-20)22-16-24(18-10-12-19(28-2)13-11-18)27(26-22)23-7-5-4-6-21(23)25/h4-15,24H,3,16H2,1-2H3. The summed E-state index contributed by atoms with van der Waals surface area (Å²) in [6.45, 7) is 2.63. The normalized spacial score (nSPS) is 15.9. The molecule has 1 aliphatic rings. The molecule has 0 N–H and O–H groups in total. The molecule has 5 heteroatoms. The molecule has 0 spiro atoms. The highest BCUT2D eigenvalue weighted by Gasteiger charge is 2.31. The average Bonchev–Trinajstić information content (AvgIpc) is 3.20. The molecule has 0 aromatic heterocycles. The minimum atomic E-state index is 0.0578. The van der Waals surface area contributed by atoms with Gasteiger partial charge in [0.2, 0.25) is 0 Å². The topological polar surface area (TPSA) is 34.1 Å². The first kappa shape index (κ1) is 19.3. The van der Waals surface area contributed by atoms with Gasteiger partial charge in [-0.15, -0.1) is 0 Å². The number of nitrogens with zero attached hydrogens (tertiary/aromatic N) is 2. The Morgan fingerprint density at radius 1 is 0.966 bits per heavy atom. The Bertz CT molecular complexity index is 1000. The fourth-order valence-electron chi connectivity index (χ4n) is 3.54. The van der Waals surface area contributed by atoms with Gasteiger partial charge >= 0.3 is 0 Å². The van der Waals surface area contributed by atoms with Crippen molar-refractivity contribution in [3.63, 3.8) is 0 Å². The lowest BCUT2D eigenvalue weighted by Gasteiger charge is -2.25. The van der Waals surface area contributed by atoms with Gasteiger partial charge in [0.05, 0.1) is 36.2 Å². The van der Waals surface area contributed by atoms with E-state index in [0.29, 0.717) is 11.6 Å². The summed E-state index contributed by atoms with van der Waals surface area (Å²) < 4.78 is 10.9. The summed E-state index contributed by atoms with van der Waals surface area (Å²) in [5.41, 5.74) is 4.17. The van der Waals surface area contributed by atoms with Gasteiger partial charge in [-0.05, 0) is 66.6 Å². The minimum Gasteiger partial charge on any atom is -0.497 e. The summed E-state index contributed by atoms with van der Waals surface area (Å²) in [7, 11) is 1.67. The van der Waals surface area contributed by atoms with E-state index in [0.717, 1.165) is 40.4 Å². The number of halogens is 1. The van der Waals surface area contributed by atoms with Crippen LogP contribution in [0.1, 0.15) is 30.5 Å². The first-order valence-electron chi connectivity index (χ1n) is 9.68. The molecule has 0 fully saturated rings. The smallest absolute Gasteiger partial charge is 0.119 e. The monoisotopic (exact) mass is 406 g/mol. The number of benzene rings is 3. The molecule has 4 rings (SSSR count). The summed E-state index contributed by atoms with van der Waals surface area (Å²) in [6.07, 6.45) is 0.783. The van der Waals surface area contributed by atoms with Crippen LogP contribution in [0.15, 0.2) is 77.9 Å². The van der Waals surface area contributed by atoms with E-state index < -0.39 is 0 Å². The van der Waals surface area contributed by atoms with Crippen molar-refractivity contribution in [2.24, 2.45) is 5.10 Å². The third-order valence-corrected chi connectivity index (χ3v) is 5.33. The lowest BCUT2D eigenvalue weighted by Crippen LogP contribution is -2.18. The Balaban J connectivity index is 1.70. The zero-order valence-corrected chi connectivity index (χ0v) is 17.3. The molecule has 0 radical (unpaired) electrons. The van der Waals surface area contributed by atoms with E-state index in [1.54, 1.807) is 7.11 Å². The van der Waals surface area contributed by atoms with Crippen LogP contribution in [0.25, 0.3) is 0 Å². The first-order valence-corrected chi connectivity index (χ1v) is 10.1. The third kappa shape index (κ3) is 4.08. The fourth-order valence-corrected chi connectivity index (χ4v) is 3.76. The number of anilines is 1. The summed E-state index contributed by atoms with van der Waals surface area (Å²) in [6, 6.07) is 24.1. The summed E-state index contributed by atoms with van der Waals surface area (Å²) >= 11 is 6.51. The Morgan fingerprint density at radius 3 is 2.31 bits per heavy atom. The van der Waals surface area contributed by atoms with Crippen molar-refractivity contribution < 1.29 is 9.47 Å². The Hall–Kier alpha value is -2.98. The lowest BCUT2D eigenvalue weighted by molar-refractivity contribution is 0.340. The molecule has 3 aromatic rings. The zero-order chi connectivity index (χ0) is 20.2. The van der Waals surface area contributed by atoms with Gasteiger partial charge in [0.25, 0.3) is 0 Å². The molecule has 1 heterocycles. The summed E-state index contributed by atoms with van der Waals surface area (Å²) in [4.78, 5) is 0. The zero-order valence-electron chi connectivity index (χ0n) is 16.5. The van der Waals surface area contributed by atoms with Crippen molar-refractivity contribution in [3.05, 3.63) is 88.9 Å². The van der Waals surface area contributed by atoms with Gasteiger partial charge in [-0.25, -0.2) is 0 Å². The molecule has 0 aliphatic carbocycles. The fraction of sp³-hybridized carbons (Fsp3) is 0.208. The van der Waals surface area contributed by atoms with E-state index in [2.05, 4.69) is 24.3 Å². The number of hydrogen-bond acceptors (Lipinski definition) is 4. The third-order valence-electron chi connectivity index (χ3n) is 5.01. The van der Waals surface area contributed by atoms with Crippen LogP contribution >= 0.6 is 11.6 Å². The van der Waals surface area contributed by atoms with Crippen LogP contribution in [0.5, 0.6) is 11.5 Å². The second-order valence-corrected chi connectivity index (χ2v) is 7.20. The Morgan fingerprint density at radius 2 is 1.66 bits per heavy atom. The Labute approximate surface area is 176 Å². The molecule has 0 bridgehead atoms. The van der Waals surface area contributed by atoms with Crippen LogP contribution < -0.4 is 14.5 Å². The molecule has 4 nitrogen and oxygen atoms in total. The molecule has 3 aromatic carbocycles. The van der Waals surface area contributed by atoms with Gasteiger partial charge in [-0.2, -0.15) is 5.10 Å². The minimum absolute atomic E-state index is 0.0578. The van der Waals surface area contributed by atoms with Gasteiger partial charge in [-0.1, -0.05) is 35.9 Å². The van der Waals surface area contributed by atoms with Crippen molar-refractivity contribution >= 4 is 23.0 Å². The van der Waals surface area contributed by atoms with E-state index in [4.69, 9.17) is 26.2 Å². The van der Waals surface area contributed by atoms with Crippen LogP contribution in [0.2, 0.25) is 5.02 Å². The van der Waals surface area contributed by atoms with Crippen molar-refractivity contribution in [2.45, 2.75) is 19.4 Å². The predicted octanol–water partition coefficient (Wildman–Crippen LogP) is 6.10. The van der Waals surface area contributed by atoms with E-state index in [-0.39, 0.29) is 6.04 Å². The van der Waals surface area contributed by atoms with E-state index in [1.165, 1.54) is 0 Å². The highest BCUT2D eigenvalue weighted by atomic mass is 35.5. The second kappa shape index (κ2) is 8.58. The number of methoxy groups -OCH3 is 1. The first-order chi connectivity index (χ1) is 14.2. The number of para-hydroxylation sites is 1. The molecule has 0 saturated carbocycles. The van der Waals surface area contributed by atoms with Gasteiger partial charge in [0.1, 0.15) is 11.5 Å². The number of ether oxygens (including phenoxy) is 2. The van der Waals surface area contributed by atoms with Crippen LogP contribution in [-0.4, -0.2) is 19.4 Å². The number of hydrazone groups is 1. The molecule has 0 saturated heterocycles. The highest BCUT2D eigenvalue weighted by molar-refractivity contribution is 6.33. The summed E-state index contributed by atoms with van der Waals surface area (Å²) in [5, 5.41) is 7.67. The van der Waals surface area contributed by atoms with Gasteiger partial charge in [-0.3, -0.25) is 5.01 Å². The molecule has 1 unspecified atom stereocenters. The molecule has 1 atom stereocenters. The van der Waals surface area contributed by atoms with E-state index in [1.807, 2.05) is 60.5 Å². The maximum atomic E-state index is 6.51. The Kier molecular flexibility index (Phi) is 5.72. The van der Waals surface area contributed by atoms with E-state index >= 15 is 0 Å². The van der Waals surface area contributed by atoms with Crippen molar-refractivity contribution in [2.75, 3.05) is 18.7 Å². The largest absolute Gasteiger partial charge is 0.497 e. The number of hydrogen-bond donors (Lipinski definition) is 0. The van der Waals surface area contributed by atoms with Gasteiger partial charge in [0.15, 0.2) is 0 Å². The van der Waals surface area contributed by atoms with E-state index in [9.17, 15) is 0 Å². The number of rotatable bonds is 6. The maximum Gasteiger partial charge on any atom is 0.119 e. The molecule has 1 aliphatic heterocycles. The SMILES string of the molecule is CCOc1ccc(C2=NN(c3ccccc3Cl)C(c3ccc(OC)cc3)C2)cc1. The van der Waals surface area contributed by atoms with Crippen LogP contribution in [-0.2, 0) is 0 Å². The van der Waals surface area contributed by atoms with Crippen molar-refractivity contribution in [1.82, 2.24) is 0 Å². The van der Waals surface area contributed by atoms with Gasteiger partial charge in [0, 0.05) is 6.42 Å². The molecular formula is C24H23ClN2O2. The highest BCUT2D eigenvalue weighted by Crippen LogP contribution is 2.40. The van der Waals surface area contributed by atoms with Crippen LogP contribution in [0.4, 0.5) is 5.69 Å². The lowest BCUT2D eigenvalue weighted by atomic mass is 9.98. The quantitative estimate of drug-likeness (QED) is 0.495. The van der Waals surface area contributed by atoms with Gasteiger partial charge < -0.3 is 9.47 Å². The van der Waals surface area contributed by atoms with Crippen LogP contribution in [0.3, 0.4) is 0 Å². The second-order valence-electron chi connectivity index (χ2n) is 6.79. The molecule has 0 amide bonds. The molecule has 29 heavy (non-hydrogen) atoms. The average molecular weight is 407 g/mol. The van der Waals surface area contributed by atoms with Crippen molar-refractivity contribution in [3.8, 4) is 11.5 Å².